The molecule has 1 heterocycles. The molecule has 0 amide bonds. The van der Waals surface area contributed by atoms with Crippen molar-refractivity contribution >= 4 is 0 Å². The van der Waals surface area contributed by atoms with E-state index in [9.17, 15) is 0 Å². The molecule has 144 valence electrons. The maximum atomic E-state index is 5.42. The van der Waals surface area contributed by atoms with Gasteiger partial charge in [-0.25, -0.2) is 10.4 Å². The van der Waals surface area contributed by atoms with Gasteiger partial charge in [0.2, 0.25) is 0 Å². The molecular weight excluding hydrogens is 332 g/mol. The van der Waals surface area contributed by atoms with Crippen LogP contribution in [0.2, 0.25) is 0 Å². The number of ether oxygens (including phenoxy) is 1. The summed E-state index contributed by atoms with van der Waals surface area (Å²) in [6.45, 7) is 4.23. The second kappa shape index (κ2) is 8.55. The molecule has 2 atom stereocenters. The number of benzene rings is 2. The standard InChI is InChI=1S/C24H32N2O/c1-18(25-26-15-3-4-23(26)17-27-2)24-16-21-10-9-19-5-7-20(8-6-19)11-13-22(24)14-12-21/h5-8,12,14,16,18,23,25H,3-4,9-11,13,15,17H2,1-2H3/t18-,23+/m1/s1. The van der Waals surface area contributed by atoms with Crippen molar-refractivity contribution in [3.8, 4) is 0 Å². The van der Waals surface area contributed by atoms with E-state index in [1.807, 2.05) is 0 Å². The van der Waals surface area contributed by atoms with Gasteiger partial charge < -0.3 is 4.74 Å². The van der Waals surface area contributed by atoms with Gasteiger partial charge in [0.1, 0.15) is 0 Å². The van der Waals surface area contributed by atoms with Crippen LogP contribution in [-0.4, -0.2) is 31.3 Å². The lowest BCUT2D eigenvalue weighted by Crippen LogP contribution is -2.44. The first-order valence-corrected chi connectivity index (χ1v) is 10.4. The number of methoxy groups -OCH3 is 1. The van der Waals surface area contributed by atoms with Crippen LogP contribution in [0.1, 0.15) is 53.6 Å². The molecule has 1 N–H and O–H groups in total. The van der Waals surface area contributed by atoms with E-state index < -0.39 is 0 Å². The highest BCUT2D eigenvalue weighted by Gasteiger charge is 2.26. The minimum absolute atomic E-state index is 0.321. The van der Waals surface area contributed by atoms with Gasteiger partial charge in [0.05, 0.1) is 6.61 Å². The number of nitrogens with zero attached hydrogens (tertiary/aromatic N) is 1. The topological polar surface area (TPSA) is 24.5 Å². The molecule has 2 aromatic carbocycles. The van der Waals surface area contributed by atoms with Crippen molar-refractivity contribution in [2.24, 2.45) is 0 Å². The predicted molar refractivity (Wildman–Crippen MR) is 111 cm³/mol. The van der Waals surface area contributed by atoms with Crippen LogP contribution in [0.25, 0.3) is 0 Å². The second-order valence-electron chi connectivity index (χ2n) is 8.15. The fourth-order valence-electron chi connectivity index (χ4n) is 4.56. The third-order valence-electron chi connectivity index (χ3n) is 6.18. The summed E-state index contributed by atoms with van der Waals surface area (Å²) in [6.07, 6.45) is 6.89. The lowest BCUT2D eigenvalue weighted by atomic mass is 9.91. The maximum Gasteiger partial charge on any atom is 0.0632 e. The average molecular weight is 365 g/mol. The Kier molecular flexibility index (Phi) is 5.92. The fourth-order valence-corrected chi connectivity index (χ4v) is 4.56. The molecular formula is C24H32N2O. The summed E-state index contributed by atoms with van der Waals surface area (Å²) in [5.41, 5.74) is 11.1. The molecule has 0 saturated carbocycles. The molecule has 2 aromatic rings. The van der Waals surface area contributed by atoms with Gasteiger partial charge in [0.15, 0.2) is 0 Å². The van der Waals surface area contributed by atoms with E-state index in [-0.39, 0.29) is 0 Å². The fraction of sp³-hybridized carbons (Fsp3) is 0.500. The number of hydrogen-bond donors (Lipinski definition) is 1. The highest BCUT2D eigenvalue weighted by molar-refractivity contribution is 5.36. The molecule has 1 aliphatic heterocycles. The largest absolute Gasteiger partial charge is 0.383 e. The Hall–Kier alpha value is -1.68. The zero-order valence-corrected chi connectivity index (χ0v) is 16.7. The second-order valence-corrected chi connectivity index (χ2v) is 8.15. The zero-order valence-electron chi connectivity index (χ0n) is 16.7. The Morgan fingerprint density at radius 2 is 1.67 bits per heavy atom. The molecule has 0 unspecified atom stereocenters. The molecule has 0 radical (unpaired) electrons. The van der Waals surface area contributed by atoms with Crippen LogP contribution in [0.3, 0.4) is 0 Å². The van der Waals surface area contributed by atoms with E-state index in [2.05, 4.69) is 59.8 Å². The molecule has 3 heteroatoms. The Morgan fingerprint density at radius 3 is 2.41 bits per heavy atom. The zero-order chi connectivity index (χ0) is 18.6. The SMILES string of the molecule is COC[C@@H]1CCCN1N[C@H](C)c1cc2ccc1CCc1ccc(cc1)CC2. The highest BCUT2D eigenvalue weighted by atomic mass is 16.5. The van der Waals surface area contributed by atoms with Crippen molar-refractivity contribution in [1.29, 1.82) is 0 Å². The van der Waals surface area contributed by atoms with Gasteiger partial charge in [-0.3, -0.25) is 0 Å². The van der Waals surface area contributed by atoms with Crippen molar-refractivity contribution in [3.63, 3.8) is 0 Å². The number of hydrazine groups is 1. The van der Waals surface area contributed by atoms with Crippen LogP contribution in [0, 0.1) is 0 Å². The van der Waals surface area contributed by atoms with Gasteiger partial charge >= 0.3 is 0 Å². The monoisotopic (exact) mass is 364 g/mol. The first-order valence-electron chi connectivity index (χ1n) is 10.4. The summed E-state index contributed by atoms with van der Waals surface area (Å²) in [4.78, 5) is 0. The van der Waals surface area contributed by atoms with E-state index in [0.717, 1.165) is 38.8 Å². The smallest absolute Gasteiger partial charge is 0.0632 e. The van der Waals surface area contributed by atoms with Crippen molar-refractivity contribution in [2.45, 2.75) is 57.5 Å². The normalized spacial score (nSPS) is 21.2. The van der Waals surface area contributed by atoms with Crippen molar-refractivity contribution in [3.05, 3.63) is 70.3 Å². The van der Waals surface area contributed by atoms with Crippen LogP contribution in [0.5, 0.6) is 0 Å². The Labute approximate surface area is 163 Å². The molecule has 1 saturated heterocycles. The highest BCUT2D eigenvalue weighted by Crippen LogP contribution is 2.26. The van der Waals surface area contributed by atoms with Gasteiger partial charge in [-0.05, 0) is 73.3 Å². The lowest BCUT2D eigenvalue weighted by Gasteiger charge is -2.30. The van der Waals surface area contributed by atoms with Crippen molar-refractivity contribution < 1.29 is 4.74 Å². The molecule has 4 bridgehead atoms. The Bertz CT molecular complexity index is 755. The summed E-state index contributed by atoms with van der Waals surface area (Å²) in [5, 5.41) is 2.41. The van der Waals surface area contributed by atoms with E-state index in [4.69, 9.17) is 4.74 Å². The van der Waals surface area contributed by atoms with E-state index in [1.165, 1.54) is 40.7 Å². The summed E-state index contributed by atoms with van der Waals surface area (Å²) in [6, 6.07) is 17.2. The summed E-state index contributed by atoms with van der Waals surface area (Å²) in [5.74, 6) is 0. The molecule has 0 aromatic heterocycles. The Balaban J connectivity index is 1.55. The van der Waals surface area contributed by atoms with E-state index >= 15 is 0 Å². The molecule has 7 rings (SSSR count). The minimum atomic E-state index is 0.321. The number of hydrogen-bond acceptors (Lipinski definition) is 3. The predicted octanol–water partition coefficient (Wildman–Crippen LogP) is 4.25. The average Bonchev–Trinajstić information content (AvgIpc) is 3.11. The molecule has 1 fully saturated rings. The first-order chi connectivity index (χ1) is 13.2. The Morgan fingerprint density at radius 1 is 1.00 bits per heavy atom. The summed E-state index contributed by atoms with van der Waals surface area (Å²) in [7, 11) is 1.80. The quantitative estimate of drug-likeness (QED) is 0.858. The lowest BCUT2D eigenvalue weighted by molar-refractivity contribution is 0.0729. The van der Waals surface area contributed by atoms with E-state index in [1.54, 1.807) is 7.11 Å². The van der Waals surface area contributed by atoms with Crippen molar-refractivity contribution in [2.75, 3.05) is 20.3 Å². The molecule has 27 heavy (non-hydrogen) atoms. The number of nitrogens with one attached hydrogen (secondary N) is 1. The van der Waals surface area contributed by atoms with Gasteiger partial charge in [-0.1, -0.05) is 42.5 Å². The maximum absolute atomic E-state index is 5.42. The van der Waals surface area contributed by atoms with Crippen LogP contribution in [-0.2, 0) is 30.4 Å². The third kappa shape index (κ3) is 4.43. The van der Waals surface area contributed by atoms with Gasteiger partial charge in [0.25, 0.3) is 0 Å². The first kappa shape index (κ1) is 18.7. The minimum Gasteiger partial charge on any atom is -0.383 e. The van der Waals surface area contributed by atoms with E-state index in [0.29, 0.717) is 12.1 Å². The molecule has 3 nitrogen and oxygen atoms in total. The molecule has 4 aliphatic carbocycles. The van der Waals surface area contributed by atoms with Gasteiger partial charge in [-0.15, -0.1) is 0 Å². The van der Waals surface area contributed by atoms with Crippen LogP contribution >= 0.6 is 0 Å². The summed E-state index contributed by atoms with van der Waals surface area (Å²) < 4.78 is 5.42. The molecule has 0 spiro atoms. The van der Waals surface area contributed by atoms with Crippen LogP contribution in [0.15, 0.2) is 42.5 Å². The van der Waals surface area contributed by atoms with Gasteiger partial charge in [-0.2, -0.15) is 0 Å². The van der Waals surface area contributed by atoms with Crippen LogP contribution in [0.4, 0.5) is 0 Å². The van der Waals surface area contributed by atoms with Crippen molar-refractivity contribution in [1.82, 2.24) is 10.4 Å². The number of rotatable bonds is 5. The summed E-state index contributed by atoms with van der Waals surface area (Å²) >= 11 is 0. The van der Waals surface area contributed by atoms with Crippen LogP contribution < -0.4 is 5.43 Å². The number of aryl methyl sites for hydroxylation is 4. The van der Waals surface area contributed by atoms with Gasteiger partial charge in [0, 0.05) is 25.7 Å². The third-order valence-corrected chi connectivity index (χ3v) is 6.18. The molecule has 5 aliphatic rings.